The summed E-state index contributed by atoms with van der Waals surface area (Å²) < 4.78 is 5.40. The maximum Gasteiger partial charge on any atom is 0.177 e. The summed E-state index contributed by atoms with van der Waals surface area (Å²) in [6, 6.07) is 3.29. The molecule has 6 heteroatoms. The third-order valence-corrected chi connectivity index (χ3v) is 3.17. The predicted molar refractivity (Wildman–Crippen MR) is 68.0 cm³/mol. The van der Waals surface area contributed by atoms with Crippen molar-refractivity contribution in [2.75, 3.05) is 6.26 Å². The number of hydrogen-bond donors (Lipinski definition) is 3. The monoisotopic (exact) mass is 274 g/mol. The molecular weight excluding hydrogens is 256 g/mol. The van der Waals surface area contributed by atoms with Gasteiger partial charge in [0.15, 0.2) is 17.7 Å². The number of Topliss-reactive ketones (excluding diaryl/α,β-unsaturated/α-hetero) is 1. The van der Waals surface area contributed by atoms with Crippen LogP contribution in [-0.2, 0) is 16.1 Å². The Kier molecular flexibility index (Phi) is 5.40. The second-order valence-corrected chi connectivity index (χ2v) is 5.08. The highest BCUT2D eigenvalue weighted by Crippen LogP contribution is 2.27. The summed E-state index contributed by atoms with van der Waals surface area (Å²) in [5, 5.41) is 27.5. The molecule has 0 saturated carbocycles. The topological polar surface area (TPSA) is 90.9 Å². The SMILES string of the molecule is CSCc1ccc(C(C)(O)C(=O)CCC(O)O)o1. The molecule has 1 aromatic rings. The zero-order valence-corrected chi connectivity index (χ0v) is 11.2. The second-order valence-electron chi connectivity index (χ2n) is 4.21. The number of hydrogen-bond acceptors (Lipinski definition) is 6. The minimum atomic E-state index is -1.73. The van der Waals surface area contributed by atoms with E-state index in [2.05, 4.69) is 0 Å². The van der Waals surface area contributed by atoms with E-state index in [-0.39, 0.29) is 18.6 Å². The molecule has 0 aliphatic carbocycles. The van der Waals surface area contributed by atoms with Crippen molar-refractivity contribution in [1.29, 1.82) is 0 Å². The Balaban J connectivity index is 2.74. The predicted octanol–water partition coefficient (Wildman–Crippen LogP) is 1.01. The third kappa shape index (κ3) is 3.84. The van der Waals surface area contributed by atoms with Gasteiger partial charge in [0.25, 0.3) is 0 Å². The Morgan fingerprint density at radius 2 is 2.17 bits per heavy atom. The maximum atomic E-state index is 11.8. The van der Waals surface area contributed by atoms with E-state index in [9.17, 15) is 9.90 Å². The van der Waals surface area contributed by atoms with Crippen molar-refractivity contribution in [1.82, 2.24) is 0 Å². The normalized spacial score (nSPS) is 14.8. The first kappa shape index (κ1) is 15.2. The van der Waals surface area contributed by atoms with Crippen molar-refractivity contribution in [3.63, 3.8) is 0 Å². The summed E-state index contributed by atoms with van der Waals surface area (Å²) in [6.45, 7) is 1.35. The highest BCUT2D eigenvalue weighted by atomic mass is 32.2. The summed E-state index contributed by atoms with van der Waals surface area (Å²) in [4.78, 5) is 11.8. The van der Waals surface area contributed by atoms with Crippen molar-refractivity contribution in [2.24, 2.45) is 0 Å². The molecule has 0 aromatic carbocycles. The molecule has 0 saturated heterocycles. The molecular formula is C12H18O5S. The molecule has 0 radical (unpaired) electrons. The van der Waals surface area contributed by atoms with E-state index in [4.69, 9.17) is 14.6 Å². The van der Waals surface area contributed by atoms with Gasteiger partial charge in [-0.25, -0.2) is 0 Å². The van der Waals surface area contributed by atoms with Gasteiger partial charge >= 0.3 is 0 Å². The lowest BCUT2D eigenvalue weighted by atomic mass is 9.94. The zero-order chi connectivity index (χ0) is 13.8. The van der Waals surface area contributed by atoms with E-state index in [0.29, 0.717) is 11.5 Å². The molecule has 3 N–H and O–H groups in total. The van der Waals surface area contributed by atoms with E-state index in [0.717, 1.165) is 0 Å². The lowest BCUT2D eigenvalue weighted by Crippen LogP contribution is -2.32. The third-order valence-electron chi connectivity index (χ3n) is 2.60. The van der Waals surface area contributed by atoms with Gasteiger partial charge in [-0.15, -0.1) is 0 Å². The van der Waals surface area contributed by atoms with Gasteiger partial charge in [0, 0.05) is 12.8 Å². The first-order valence-corrected chi connectivity index (χ1v) is 6.97. The Hall–Kier alpha value is -0.820. The van der Waals surface area contributed by atoms with Crippen molar-refractivity contribution in [2.45, 2.75) is 37.4 Å². The standard InChI is InChI=1S/C12H18O5S/c1-12(16,9(13)4-6-11(14)15)10-5-3-8(17-10)7-18-2/h3,5,11,14-16H,4,6-7H2,1-2H3. The number of carbonyl (C=O) groups excluding carboxylic acids is 1. The van der Waals surface area contributed by atoms with Crippen LogP contribution in [0.2, 0.25) is 0 Å². The molecule has 1 atom stereocenters. The van der Waals surface area contributed by atoms with Crippen LogP contribution >= 0.6 is 11.8 Å². The van der Waals surface area contributed by atoms with Gasteiger partial charge in [-0.1, -0.05) is 0 Å². The van der Waals surface area contributed by atoms with Gasteiger partial charge in [-0.05, 0) is 25.3 Å². The van der Waals surface area contributed by atoms with Gasteiger partial charge < -0.3 is 19.7 Å². The molecule has 102 valence electrons. The van der Waals surface area contributed by atoms with E-state index in [1.54, 1.807) is 23.9 Å². The average molecular weight is 274 g/mol. The number of rotatable bonds is 7. The fourth-order valence-corrected chi connectivity index (χ4v) is 1.94. The van der Waals surface area contributed by atoms with Crippen LogP contribution in [-0.4, -0.2) is 33.6 Å². The van der Waals surface area contributed by atoms with Crippen LogP contribution < -0.4 is 0 Å². The second kappa shape index (κ2) is 6.38. The fraction of sp³-hybridized carbons (Fsp3) is 0.583. The number of carbonyl (C=O) groups is 1. The summed E-state index contributed by atoms with van der Waals surface area (Å²) in [6.07, 6.45) is 0.151. The minimum Gasteiger partial charge on any atom is -0.462 e. The number of thioether (sulfide) groups is 1. The van der Waals surface area contributed by atoms with Gasteiger partial charge in [0.05, 0.1) is 5.75 Å². The van der Waals surface area contributed by atoms with Crippen molar-refractivity contribution in [3.8, 4) is 0 Å². The molecule has 1 rings (SSSR count). The number of ketones is 1. The van der Waals surface area contributed by atoms with Gasteiger partial charge in [0.1, 0.15) is 11.5 Å². The molecule has 0 spiro atoms. The van der Waals surface area contributed by atoms with E-state index in [1.165, 1.54) is 6.92 Å². The molecule has 0 bridgehead atoms. The Morgan fingerprint density at radius 3 is 2.72 bits per heavy atom. The smallest absolute Gasteiger partial charge is 0.177 e. The first-order valence-electron chi connectivity index (χ1n) is 5.58. The molecule has 0 amide bonds. The van der Waals surface area contributed by atoms with Gasteiger partial charge in [-0.3, -0.25) is 4.79 Å². The molecule has 1 aromatic heterocycles. The average Bonchev–Trinajstić information content (AvgIpc) is 2.75. The molecule has 0 aliphatic heterocycles. The molecule has 1 heterocycles. The van der Waals surface area contributed by atoms with Crippen LogP contribution in [0.4, 0.5) is 0 Å². The number of furan rings is 1. The van der Waals surface area contributed by atoms with Gasteiger partial charge in [-0.2, -0.15) is 11.8 Å². The first-order chi connectivity index (χ1) is 8.37. The molecule has 1 unspecified atom stereocenters. The Morgan fingerprint density at radius 1 is 1.50 bits per heavy atom. The zero-order valence-electron chi connectivity index (χ0n) is 10.4. The molecule has 0 fully saturated rings. The quantitative estimate of drug-likeness (QED) is 0.643. The van der Waals surface area contributed by atoms with Crippen molar-refractivity contribution >= 4 is 17.5 Å². The number of aliphatic hydroxyl groups is 3. The highest BCUT2D eigenvalue weighted by Gasteiger charge is 2.35. The van der Waals surface area contributed by atoms with Crippen LogP contribution in [0.3, 0.4) is 0 Å². The van der Waals surface area contributed by atoms with Crippen LogP contribution in [0, 0.1) is 0 Å². The van der Waals surface area contributed by atoms with Crippen molar-refractivity contribution in [3.05, 3.63) is 23.7 Å². The van der Waals surface area contributed by atoms with Crippen LogP contribution in [0.25, 0.3) is 0 Å². The van der Waals surface area contributed by atoms with Crippen LogP contribution in [0.15, 0.2) is 16.5 Å². The lowest BCUT2D eigenvalue weighted by molar-refractivity contribution is -0.140. The molecule has 0 aliphatic rings. The van der Waals surface area contributed by atoms with E-state index in [1.807, 2.05) is 6.26 Å². The summed E-state index contributed by atoms with van der Waals surface area (Å²) >= 11 is 1.57. The summed E-state index contributed by atoms with van der Waals surface area (Å²) in [7, 11) is 0. The van der Waals surface area contributed by atoms with Crippen molar-refractivity contribution < 1.29 is 24.5 Å². The van der Waals surface area contributed by atoms with Crippen LogP contribution in [0.5, 0.6) is 0 Å². The summed E-state index contributed by atoms with van der Waals surface area (Å²) in [5.74, 6) is 1.04. The lowest BCUT2D eigenvalue weighted by Gasteiger charge is -2.19. The highest BCUT2D eigenvalue weighted by molar-refractivity contribution is 7.97. The maximum absolute atomic E-state index is 11.8. The molecule has 5 nitrogen and oxygen atoms in total. The fourth-order valence-electron chi connectivity index (χ4n) is 1.50. The molecule has 18 heavy (non-hydrogen) atoms. The minimum absolute atomic E-state index is 0.104. The Bertz CT molecular complexity index is 397. The van der Waals surface area contributed by atoms with E-state index >= 15 is 0 Å². The van der Waals surface area contributed by atoms with E-state index < -0.39 is 17.7 Å². The number of aliphatic hydroxyl groups excluding tert-OH is 1. The largest absolute Gasteiger partial charge is 0.462 e. The van der Waals surface area contributed by atoms with Crippen LogP contribution in [0.1, 0.15) is 31.3 Å². The summed E-state index contributed by atoms with van der Waals surface area (Å²) in [5.41, 5.74) is -1.73. The van der Waals surface area contributed by atoms with Gasteiger partial charge in [0.2, 0.25) is 0 Å². The Labute approximate surface area is 110 Å².